The Morgan fingerprint density at radius 3 is 2.18 bits per heavy atom. The van der Waals surface area contributed by atoms with Crippen molar-refractivity contribution >= 4 is 17.3 Å². The lowest BCUT2D eigenvalue weighted by Gasteiger charge is -2.13. The number of aryl methyl sites for hydroxylation is 3. The van der Waals surface area contributed by atoms with Gasteiger partial charge in [0.2, 0.25) is 0 Å². The Labute approximate surface area is 132 Å². The van der Waals surface area contributed by atoms with Crippen LogP contribution in [0.2, 0.25) is 0 Å². The van der Waals surface area contributed by atoms with E-state index in [4.69, 9.17) is 0 Å². The second kappa shape index (κ2) is 7.22. The Kier molecular flexibility index (Phi) is 5.33. The van der Waals surface area contributed by atoms with Gasteiger partial charge in [-0.25, -0.2) is 9.97 Å². The third-order valence-corrected chi connectivity index (χ3v) is 3.20. The molecule has 22 heavy (non-hydrogen) atoms. The van der Waals surface area contributed by atoms with Gasteiger partial charge in [-0.15, -0.1) is 0 Å². The van der Waals surface area contributed by atoms with Crippen molar-refractivity contribution in [1.29, 1.82) is 0 Å². The van der Waals surface area contributed by atoms with Gasteiger partial charge >= 0.3 is 0 Å². The van der Waals surface area contributed by atoms with E-state index in [0.29, 0.717) is 0 Å². The molecule has 5 nitrogen and oxygen atoms in total. The Morgan fingerprint density at radius 2 is 1.55 bits per heavy atom. The molecule has 0 amide bonds. The van der Waals surface area contributed by atoms with Crippen molar-refractivity contribution in [3.05, 3.63) is 41.2 Å². The van der Waals surface area contributed by atoms with E-state index in [9.17, 15) is 0 Å². The third kappa shape index (κ3) is 5.00. The zero-order chi connectivity index (χ0) is 16.1. The SMILES string of the molecule is Cc1cc(C)cc(Nc2cc(NCCN(C)C)nc(C)n2)c1. The van der Waals surface area contributed by atoms with Gasteiger partial charge < -0.3 is 15.5 Å². The smallest absolute Gasteiger partial charge is 0.136 e. The van der Waals surface area contributed by atoms with E-state index in [2.05, 4.69) is 71.6 Å². The predicted molar refractivity (Wildman–Crippen MR) is 93.0 cm³/mol. The molecule has 0 atom stereocenters. The predicted octanol–water partition coefficient (Wildman–Crippen LogP) is 3.12. The van der Waals surface area contributed by atoms with Gasteiger partial charge in [-0.2, -0.15) is 0 Å². The first kappa shape index (κ1) is 16.2. The maximum atomic E-state index is 4.46. The number of rotatable bonds is 6. The van der Waals surface area contributed by atoms with E-state index in [1.54, 1.807) is 0 Å². The van der Waals surface area contributed by atoms with E-state index in [1.165, 1.54) is 11.1 Å². The fraction of sp³-hybridized carbons (Fsp3) is 0.412. The van der Waals surface area contributed by atoms with Crippen molar-refractivity contribution in [3.8, 4) is 0 Å². The lowest BCUT2D eigenvalue weighted by atomic mass is 10.1. The summed E-state index contributed by atoms with van der Waals surface area (Å²) in [5, 5.41) is 6.70. The Balaban J connectivity index is 2.11. The first-order chi connectivity index (χ1) is 10.4. The minimum Gasteiger partial charge on any atom is -0.369 e. The van der Waals surface area contributed by atoms with E-state index in [1.807, 2.05) is 13.0 Å². The molecule has 0 radical (unpaired) electrons. The lowest BCUT2D eigenvalue weighted by molar-refractivity contribution is 0.425. The number of nitrogens with one attached hydrogen (secondary N) is 2. The van der Waals surface area contributed by atoms with Gasteiger partial charge in [0.1, 0.15) is 17.5 Å². The van der Waals surface area contributed by atoms with Gasteiger partial charge in [0.15, 0.2) is 0 Å². The summed E-state index contributed by atoms with van der Waals surface area (Å²) in [6.07, 6.45) is 0. The molecule has 0 unspecified atom stereocenters. The van der Waals surface area contributed by atoms with E-state index in [-0.39, 0.29) is 0 Å². The number of anilines is 3. The maximum Gasteiger partial charge on any atom is 0.136 e. The fourth-order valence-electron chi connectivity index (χ4n) is 2.32. The molecule has 2 rings (SSSR count). The van der Waals surface area contributed by atoms with Crippen LogP contribution >= 0.6 is 0 Å². The first-order valence-electron chi connectivity index (χ1n) is 7.52. The summed E-state index contributed by atoms with van der Waals surface area (Å²) in [5.41, 5.74) is 3.52. The van der Waals surface area contributed by atoms with Crippen LogP contribution in [-0.2, 0) is 0 Å². The van der Waals surface area contributed by atoms with Crippen LogP contribution in [0, 0.1) is 20.8 Å². The largest absolute Gasteiger partial charge is 0.369 e. The molecule has 2 N–H and O–H groups in total. The molecule has 0 saturated heterocycles. The standard InChI is InChI=1S/C17H25N5/c1-12-8-13(2)10-15(9-12)21-17-11-16(19-14(3)20-17)18-6-7-22(4)5/h8-11H,6-7H2,1-5H3,(H2,18,19,20,21). The Hall–Kier alpha value is -2.14. The molecule has 1 aromatic carbocycles. The maximum absolute atomic E-state index is 4.46. The average Bonchev–Trinajstić information content (AvgIpc) is 2.36. The van der Waals surface area contributed by atoms with Gasteiger partial charge in [-0.1, -0.05) is 6.07 Å². The van der Waals surface area contributed by atoms with Gasteiger partial charge in [-0.3, -0.25) is 0 Å². The second-order valence-corrected chi connectivity index (χ2v) is 5.92. The molecular formula is C17H25N5. The van der Waals surface area contributed by atoms with Crippen molar-refractivity contribution < 1.29 is 0 Å². The summed E-state index contributed by atoms with van der Waals surface area (Å²) in [4.78, 5) is 11.0. The number of nitrogens with zero attached hydrogens (tertiary/aromatic N) is 3. The molecule has 118 valence electrons. The van der Waals surface area contributed by atoms with Crippen LogP contribution in [0.3, 0.4) is 0 Å². The highest BCUT2D eigenvalue weighted by molar-refractivity contribution is 5.60. The van der Waals surface area contributed by atoms with Gasteiger partial charge in [0, 0.05) is 24.8 Å². The van der Waals surface area contributed by atoms with Crippen LogP contribution in [0.1, 0.15) is 17.0 Å². The average molecular weight is 299 g/mol. The van der Waals surface area contributed by atoms with Crippen molar-refractivity contribution in [2.75, 3.05) is 37.8 Å². The quantitative estimate of drug-likeness (QED) is 0.858. The molecule has 0 bridgehead atoms. The number of hydrogen-bond donors (Lipinski definition) is 2. The van der Waals surface area contributed by atoms with Crippen molar-refractivity contribution in [1.82, 2.24) is 14.9 Å². The van der Waals surface area contributed by atoms with Crippen LogP contribution in [0.25, 0.3) is 0 Å². The summed E-state index contributed by atoms with van der Waals surface area (Å²) in [6.45, 7) is 7.91. The topological polar surface area (TPSA) is 53.1 Å². The second-order valence-electron chi connectivity index (χ2n) is 5.92. The highest BCUT2D eigenvalue weighted by atomic mass is 15.1. The normalized spacial score (nSPS) is 10.8. The first-order valence-corrected chi connectivity index (χ1v) is 7.52. The molecule has 0 aliphatic carbocycles. The molecule has 0 saturated carbocycles. The summed E-state index contributed by atoms with van der Waals surface area (Å²) in [6, 6.07) is 8.33. The van der Waals surface area contributed by atoms with Crippen LogP contribution in [0.4, 0.5) is 17.3 Å². The molecule has 0 spiro atoms. The molecule has 1 heterocycles. The number of aromatic nitrogens is 2. The molecule has 5 heteroatoms. The molecule has 0 aliphatic heterocycles. The van der Waals surface area contributed by atoms with Crippen LogP contribution in [-0.4, -0.2) is 42.1 Å². The highest BCUT2D eigenvalue weighted by Gasteiger charge is 2.03. The van der Waals surface area contributed by atoms with Gasteiger partial charge in [0.25, 0.3) is 0 Å². The van der Waals surface area contributed by atoms with Crippen molar-refractivity contribution in [2.24, 2.45) is 0 Å². The highest BCUT2D eigenvalue weighted by Crippen LogP contribution is 2.20. The van der Waals surface area contributed by atoms with Crippen LogP contribution < -0.4 is 10.6 Å². The molecular weight excluding hydrogens is 274 g/mol. The molecule has 0 fully saturated rings. The van der Waals surface area contributed by atoms with E-state index < -0.39 is 0 Å². The third-order valence-electron chi connectivity index (χ3n) is 3.20. The summed E-state index contributed by atoms with van der Waals surface area (Å²) in [5.74, 6) is 2.41. The Bertz CT molecular complexity index is 617. The molecule has 2 aromatic rings. The minimum atomic E-state index is 0.752. The van der Waals surface area contributed by atoms with Crippen molar-refractivity contribution in [2.45, 2.75) is 20.8 Å². The zero-order valence-electron chi connectivity index (χ0n) is 14.1. The van der Waals surface area contributed by atoms with Crippen LogP contribution in [0.5, 0.6) is 0 Å². The molecule has 1 aromatic heterocycles. The van der Waals surface area contributed by atoms with Gasteiger partial charge in [-0.05, 0) is 58.1 Å². The fourth-order valence-corrected chi connectivity index (χ4v) is 2.32. The van der Waals surface area contributed by atoms with Crippen molar-refractivity contribution in [3.63, 3.8) is 0 Å². The monoisotopic (exact) mass is 299 g/mol. The zero-order valence-corrected chi connectivity index (χ0v) is 14.1. The summed E-state index contributed by atoms with van der Waals surface area (Å²) in [7, 11) is 4.11. The van der Waals surface area contributed by atoms with Crippen LogP contribution in [0.15, 0.2) is 24.3 Å². The summed E-state index contributed by atoms with van der Waals surface area (Å²) < 4.78 is 0. The number of hydrogen-bond acceptors (Lipinski definition) is 5. The van der Waals surface area contributed by atoms with E-state index in [0.717, 1.165) is 36.2 Å². The minimum absolute atomic E-state index is 0.752. The van der Waals surface area contributed by atoms with E-state index >= 15 is 0 Å². The Morgan fingerprint density at radius 1 is 0.909 bits per heavy atom. The lowest BCUT2D eigenvalue weighted by Crippen LogP contribution is -2.21. The number of likely N-dealkylation sites (N-methyl/N-ethyl adjacent to an activating group) is 1. The number of benzene rings is 1. The molecule has 0 aliphatic rings. The summed E-state index contributed by atoms with van der Waals surface area (Å²) >= 11 is 0. The van der Waals surface area contributed by atoms with Gasteiger partial charge in [0.05, 0.1) is 0 Å².